The summed E-state index contributed by atoms with van der Waals surface area (Å²) in [6, 6.07) is 23.9. The van der Waals surface area contributed by atoms with Crippen LogP contribution in [0.5, 0.6) is 0 Å². The van der Waals surface area contributed by atoms with Crippen LogP contribution in [-0.4, -0.2) is 102 Å². The molecule has 6 heterocycles. The Morgan fingerprint density at radius 2 is 1.16 bits per heavy atom. The first kappa shape index (κ1) is 37.9. The summed E-state index contributed by atoms with van der Waals surface area (Å²) in [4.78, 5) is 41.1. The number of hydrogen-bond acceptors (Lipinski definition) is 8. The summed E-state index contributed by atoms with van der Waals surface area (Å²) in [7, 11) is 0. The van der Waals surface area contributed by atoms with Gasteiger partial charge in [0.2, 0.25) is 5.69 Å². The number of fused-ring (bicyclic) bond motifs is 4. The number of aromatic nitrogens is 4. The van der Waals surface area contributed by atoms with E-state index in [2.05, 4.69) is 87.6 Å². The van der Waals surface area contributed by atoms with Crippen molar-refractivity contribution in [3.05, 3.63) is 147 Å². The normalized spacial score (nSPS) is 15.2. The number of hydrogen-bond donors (Lipinski definition) is 4. The third kappa shape index (κ3) is 9.63. The van der Waals surface area contributed by atoms with Gasteiger partial charge in [0.05, 0.1) is 18.8 Å². The first-order valence-corrected chi connectivity index (χ1v) is 19.0. The summed E-state index contributed by atoms with van der Waals surface area (Å²) in [5, 5.41) is 26.2. The third-order valence-electron chi connectivity index (χ3n) is 9.80. The molecule has 13 nitrogen and oxygen atoms in total. The summed E-state index contributed by atoms with van der Waals surface area (Å²) in [5.74, 6) is -0.617. The van der Waals surface area contributed by atoms with Gasteiger partial charge in [0, 0.05) is 81.6 Å². The summed E-state index contributed by atoms with van der Waals surface area (Å²) >= 11 is 3.40. The monoisotopic (exact) mass is 803 g/mol. The zero-order chi connectivity index (χ0) is 38.3. The lowest BCUT2D eigenvalue weighted by atomic mass is 10.00. The van der Waals surface area contributed by atoms with Gasteiger partial charge in [-0.2, -0.15) is 0 Å². The van der Waals surface area contributed by atoms with Crippen LogP contribution in [0.25, 0.3) is 16.1 Å². The molecule has 0 aliphatic carbocycles. The van der Waals surface area contributed by atoms with E-state index in [9.17, 15) is 19.8 Å². The van der Waals surface area contributed by atoms with Crippen LogP contribution in [0, 0.1) is 6.57 Å². The van der Waals surface area contributed by atoms with Crippen LogP contribution in [0.2, 0.25) is 0 Å². The maximum atomic E-state index is 12.4. The van der Waals surface area contributed by atoms with E-state index >= 15 is 0 Å². The fraction of sp³-hybridized carbons (Fsp3) is 0.293. The number of aliphatic hydroxyl groups is 2. The Kier molecular flexibility index (Phi) is 12.0. The molecule has 0 spiro atoms. The van der Waals surface area contributed by atoms with Crippen molar-refractivity contribution in [2.24, 2.45) is 0 Å². The molecule has 0 radical (unpaired) electrons. The average Bonchev–Trinajstić information content (AvgIpc) is 3.83. The van der Waals surface area contributed by atoms with Gasteiger partial charge < -0.3 is 29.6 Å². The predicted molar refractivity (Wildman–Crippen MR) is 212 cm³/mol. The standard InChI is InChI=1S/C21H21N5O2.C20H21BrN4O2/c1-22-17-6-7-20-24-19(14-26(20)12-17)21(28)23-10-18(27)13-25-9-8-15-4-2-3-5-16(15)11-25;21-16-5-6-19-23-18(13-25(19)11-16)20(27)22-9-17(26)12-24-8-7-14-3-1-2-4-15(14)10-24/h2-7,12,14,18,27H,8-11,13H2,(H,23,28);1-6,11,13,17,26H,7-10,12H2,(H,22,27)/t18-;17-/m00/s1. The van der Waals surface area contributed by atoms with Crippen LogP contribution in [0.3, 0.4) is 0 Å². The topological polar surface area (TPSA) is 144 Å². The van der Waals surface area contributed by atoms with Gasteiger partial charge in [-0.15, -0.1) is 0 Å². The second-order valence-electron chi connectivity index (χ2n) is 13.9. The Morgan fingerprint density at radius 3 is 1.67 bits per heavy atom. The molecule has 0 unspecified atom stereocenters. The second-order valence-corrected chi connectivity index (χ2v) is 14.8. The van der Waals surface area contributed by atoms with Crippen molar-refractivity contribution in [2.75, 3.05) is 39.3 Å². The number of halogens is 1. The van der Waals surface area contributed by atoms with Crippen LogP contribution < -0.4 is 10.6 Å². The van der Waals surface area contributed by atoms with E-state index in [4.69, 9.17) is 6.57 Å². The van der Waals surface area contributed by atoms with Crippen LogP contribution in [0.4, 0.5) is 5.69 Å². The molecule has 282 valence electrons. The van der Waals surface area contributed by atoms with Gasteiger partial charge >= 0.3 is 0 Å². The molecule has 4 aromatic heterocycles. The van der Waals surface area contributed by atoms with E-state index in [0.717, 1.165) is 43.5 Å². The highest BCUT2D eigenvalue weighted by Gasteiger charge is 2.21. The lowest BCUT2D eigenvalue weighted by molar-refractivity contribution is 0.0836. The van der Waals surface area contributed by atoms with Gasteiger partial charge in [-0.05, 0) is 69.2 Å². The van der Waals surface area contributed by atoms with Crippen molar-refractivity contribution in [1.29, 1.82) is 0 Å². The van der Waals surface area contributed by atoms with E-state index in [1.165, 1.54) is 22.3 Å². The molecular formula is C41H42BrN9O4. The number of pyridine rings is 2. The summed E-state index contributed by atoms with van der Waals surface area (Å²) < 4.78 is 4.36. The Labute approximate surface area is 327 Å². The smallest absolute Gasteiger partial charge is 0.271 e. The van der Waals surface area contributed by atoms with Crippen molar-refractivity contribution >= 4 is 44.7 Å². The van der Waals surface area contributed by atoms with Crippen molar-refractivity contribution in [1.82, 2.24) is 39.2 Å². The molecule has 2 aromatic carbocycles. The fourth-order valence-electron chi connectivity index (χ4n) is 6.98. The second kappa shape index (κ2) is 17.4. The highest BCUT2D eigenvalue weighted by molar-refractivity contribution is 9.10. The number of benzene rings is 2. The lowest BCUT2D eigenvalue weighted by Gasteiger charge is -2.30. The minimum atomic E-state index is -0.653. The number of β-amino-alcohol motifs (C(OH)–C–C–N with tert-alkyl or cyclic N) is 2. The Bertz CT molecular complexity index is 2350. The molecule has 0 fully saturated rings. The minimum absolute atomic E-state index is 0.165. The number of nitrogens with zero attached hydrogens (tertiary/aromatic N) is 7. The molecule has 55 heavy (non-hydrogen) atoms. The quantitative estimate of drug-likeness (QED) is 0.151. The molecule has 6 aromatic rings. The highest BCUT2D eigenvalue weighted by Crippen LogP contribution is 2.20. The molecule has 0 saturated carbocycles. The largest absolute Gasteiger partial charge is 0.390 e. The molecule has 8 rings (SSSR count). The number of imidazole rings is 2. The van der Waals surface area contributed by atoms with Crippen molar-refractivity contribution in [2.45, 2.75) is 38.1 Å². The van der Waals surface area contributed by atoms with E-state index in [1.807, 2.05) is 30.5 Å². The third-order valence-corrected chi connectivity index (χ3v) is 10.3. The lowest BCUT2D eigenvalue weighted by Crippen LogP contribution is -2.42. The van der Waals surface area contributed by atoms with Gasteiger partial charge in [-0.1, -0.05) is 54.6 Å². The average molecular weight is 805 g/mol. The summed E-state index contributed by atoms with van der Waals surface area (Å²) in [5.41, 5.74) is 7.76. The van der Waals surface area contributed by atoms with Gasteiger partial charge in [0.15, 0.2) is 0 Å². The number of amides is 2. The highest BCUT2D eigenvalue weighted by atomic mass is 79.9. The number of carbonyl (C=O) groups is 2. The predicted octanol–water partition coefficient (Wildman–Crippen LogP) is 4.28. The maximum Gasteiger partial charge on any atom is 0.271 e. The Hall–Kier alpha value is -5.43. The van der Waals surface area contributed by atoms with Crippen molar-refractivity contribution in [3.8, 4) is 0 Å². The first-order valence-electron chi connectivity index (χ1n) is 18.2. The van der Waals surface area contributed by atoms with Crippen LogP contribution in [0.1, 0.15) is 43.2 Å². The van der Waals surface area contributed by atoms with E-state index in [0.29, 0.717) is 35.8 Å². The molecule has 2 aliphatic rings. The molecule has 2 atom stereocenters. The molecule has 0 bridgehead atoms. The van der Waals surface area contributed by atoms with Gasteiger partial charge in [-0.3, -0.25) is 19.4 Å². The van der Waals surface area contributed by atoms with Crippen LogP contribution in [-0.2, 0) is 25.9 Å². The van der Waals surface area contributed by atoms with Crippen molar-refractivity contribution < 1.29 is 19.8 Å². The van der Waals surface area contributed by atoms with Crippen LogP contribution in [0.15, 0.2) is 102 Å². The zero-order valence-corrected chi connectivity index (χ0v) is 31.8. The van der Waals surface area contributed by atoms with E-state index in [-0.39, 0.29) is 30.6 Å². The van der Waals surface area contributed by atoms with Gasteiger partial charge in [0.1, 0.15) is 22.7 Å². The molecule has 2 aliphatic heterocycles. The molecule has 4 N–H and O–H groups in total. The van der Waals surface area contributed by atoms with Gasteiger partial charge in [0.25, 0.3) is 11.8 Å². The Balaban J connectivity index is 0.000000169. The van der Waals surface area contributed by atoms with E-state index in [1.54, 1.807) is 39.5 Å². The molecule has 0 saturated heterocycles. The summed E-state index contributed by atoms with van der Waals surface area (Å²) in [6.07, 6.45) is 7.45. The number of rotatable bonds is 10. The van der Waals surface area contributed by atoms with Crippen LogP contribution >= 0.6 is 15.9 Å². The number of carbonyl (C=O) groups excluding carboxylic acids is 2. The summed E-state index contributed by atoms with van der Waals surface area (Å²) in [6.45, 7) is 11.9. The van der Waals surface area contributed by atoms with E-state index < -0.39 is 12.2 Å². The zero-order valence-electron chi connectivity index (χ0n) is 30.2. The minimum Gasteiger partial charge on any atom is -0.390 e. The molecule has 14 heteroatoms. The van der Waals surface area contributed by atoms with Crippen molar-refractivity contribution in [3.63, 3.8) is 0 Å². The number of nitrogens with one attached hydrogen (secondary N) is 2. The molecule has 2 amide bonds. The van der Waals surface area contributed by atoms with Gasteiger partial charge in [-0.25, -0.2) is 14.8 Å². The molecular weight excluding hydrogens is 762 g/mol. The SMILES string of the molecule is O=C(NC[C@H](O)CN1CCc2ccccc2C1)c1cn2cc(Br)ccc2n1.[C-]#[N+]c1ccc2nc(C(=O)NC[C@H](O)CN3CCc4ccccc4C3)cn2c1. The fourth-order valence-corrected chi connectivity index (χ4v) is 7.33. The number of aliphatic hydroxyl groups excluding tert-OH is 2. The Morgan fingerprint density at radius 1 is 0.691 bits per heavy atom. The first-order chi connectivity index (χ1) is 26.7. The maximum absolute atomic E-state index is 12.4.